The number of rotatable bonds is 8. The van der Waals surface area contributed by atoms with Crippen molar-refractivity contribution >= 4 is 35.8 Å². The molecule has 0 aliphatic heterocycles. The molecule has 0 saturated heterocycles. The topological polar surface area (TPSA) is 65.5 Å². The van der Waals surface area contributed by atoms with E-state index < -0.39 is 0 Å². The van der Waals surface area contributed by atoms with E-state index in [1.807, 2.05) is 13.0 Å². The number of nitrogens with one attached hydrogen (secondary N) is 3. The Morgan fingerprint density at radius 3 is 2.40 bits per heavy atom. The van der Waals surface area contributed by atoms with Crippen LogP contribution in [0.25, 0.3) is 0 Å². The minimum atomic E-state index is -0.00713. The molecule has 25 heavy (non-hydrogen) atoms. The molecular formula is C19H33IN4O. The molecule has 0 bridgehead atoms. The van der Waals surface area contributed by atoms with Crippen LogP contribution in [-0.4, -0.2) is 38.0 Å². The fourth-order valence-electron chi connectivity index (χ4n) is 2.26. The van der Waals surface area contributed by atoms with E-state index in [1.165, 1.54) is 5.56 Å². The van der Waals surface area contributed by atoms with Crippen molar-refractivity contribution in [3.63, 3.8) is 0 Å². The summed E-state index contributed by atoms with van der Waals surface area (Å²) in [6.07, 6.45) is 1.38. The Hall–Kier alpha value is -1.31. The van der Waals surface area contributed by atoms with E-state index in [-0.39, 0.29) is 41.3 Å². The molecule has 5 nitrogen and oxygen atoms in total. The fourth-order valence-corrected chi connectivity index (χ4v) is 2.26. The Morgan fingerprint density at radius 1 is 1.20 bits per heavy atom. The first-order valence-corrected chi connectivity index (χ1v) is 8.68. The van der Waals surface area contributed by atoms with Crippen LogP contribution in [0, 0.1) is 0 Å². The van der Waals surface area contributed by atoms with E-state index in [0.29, 0.717) is 13.0 Å². The van der Waals surface area contributed by atoms with Crippen LogP contribution in [0.5, 0.6) is 0 Å². The predicted octanol–water partition coefficient (Wildman–Crippen LogP) is 3.05. The molecule has 0 spiro atoms. The van der Waals surface area contributed by atoms with E-state index in [0.717, 1.165) is 18.9 Å². The second-order valence-corrected chi connectivity index (χ2v) is 6.73. The van der Waals surface area contributed by atoms with Crippen molar-refractivity contribution < 1.29 is 4.79 Å². The summed E-state index contributed by atoms with van der Waals surface area (Å²) >= 11 is 0. The molecule has 3 N–H and O–H groups in total. The third-order valence-corrected chi connectivity index (χ3v) is 4.14. The summed E-state index contributed by atoms with van der Waals surface area (Å²) in [5.41, 5.74) is 1.27. The number of carbonyl (C=O) groups is 1. The van der Waals surface area contributed by atoms with Gasteiger partial charge in [-0.1, -0.05) is 51.1 Å². The summed E-state index contributed by atoms with van der Waals surface area (Å²) in [4.78, 5) is 16.0. The van der Waals surface area contributed by atoms with Gasteiger partial charge in [0.25, 0.3) is 0 Å². The van der Waals surface area contributed by atoms with Crippen LogP contribution in [0.4, 0.5) is 0 Å². The summed E-state index contributed by atoms with van der Waals surface area (Å²) in [5.74, 6) is 0.785. The highest BCUT2D eigenvalue weighted by molar-refractivity contribution is 14.0. The van der Waals surface area contributed by atoms with Crippen LogP contribution in [0.2, 0.25) is 0 Å². The van der Waals surface area contributed by atoms with Gasteiger partial charge in [0, 0.05) is 38.0 Å². The van der Waals surface area contributed by atoms with Crippen LogP contribution in [-0.2, 0) is 10.2 Å². The minimum absolute atomic E-state index is 0. The van der Waals surface area contributed by atoms with Crippen LogP contribution in [0.15, 0.2) is 35.3 Å². The van der Waals surface area contributed by atoms with Gasteiger partial charge in [-0.15, -0.1) is 24.0 Å². The maximum atomic E-state index is 11.8. The van der Waals surface area contributed by atoms with Gasteiger partial charge in [-0.3, -0.25) is 9.79 Å². The third kappa shape index (κ3) is 9.09. The Balaban J connectivity index is 0.00000576. The molecular weight excluding hydrogens is 427 g/mol. The van der Waals surface area contributed by atoms with Gasteiger partial charge in [-0.05, 0) is 18.9 Å². The number of nitrogens with zero attached hydrogens (tertiary/aromatic N) is 1. The molecule has 0 aliphatic rings. The highest BCUT2D eigenvalue weighted by Gasteiger charge is 2.20. The van der Waals surface area contributed by atoms with Crippen molar-refractivity contribution in [2.75, 3.05) is 20.1 Å². The molecule has 0 aromatic heterocycles. The second-order valence-electron chi connectivity index (χ2n) is 6.73. The second kappa shape index (κ2) is 12.1. The average Bonchev–Trinajstić information content (AvgIpc) is 2.58. The molecule has 0 radical (unpaired) electrons. The SMILES string of the molecule is CCC(C)NC(=O)CCNC(=NC)NCC(C)(C)c1ccccc1.I. The molecule has 1 aromatic rings. The van der Waals surface area contributed by atoms with Crippen molar-refractivity contribution in [2.24, 2.45) is 4.99 Å². The highest BCUT2D eigenvalue weighted by Crippen LogP contribution is 2.21. The van der Waals surface area contributed by atoms with Gasteiger partial charge < -0.3 is 16.0 Å². The zero-order chi connectivity index (χ0) is 18.0. The van der Waals surface area contributed by atoms with Gasteiger partial charge in [-0.25, -0.2) is 0 Å². The first kappa shape index (κ1) is 23.7. The van der Waals surface area contributed by atoms with Crippen molar-refractivity contribution in [1.82, 2.24) is 16.0 Å². The van der Waals surface area contributed by atoms with E-state index in [9.17, 15) is 4.79 Å². The standard InChI is InChI=1S/C19H32N4O.HI/c1-6-15(2)23-17(24)12-13-21-18(20-5)22-14-19(3,4)16-10-8-7-9-11-16;/h7-11,15H,6,12-14H2,1-5H3,(H,23,24)(H2,20,21,22);1H. The summed E-state index contributed by atoms with van der Waals surface area (Å²) in [6.45, 7) is 9.79. The zero-order valence-electron chi connectivity index (χ0n) is 16.1. The van der Waals surface area contributed by atoms with Crippen LogP contribution in [0.3, 0.4) is 0 Å². The maximum Gasteiger partial charge on any atom is 0.221 e. The molecule has 142 valence electrons. The van der Waals surface area contributed by atoms with Crippen molar-refractivity contribution in [1.29, 1.82) is 0 Å². The van der Waals surface area contributed by atoms with Gasteiger partial charge in [0.15, 0.2) is 5.96 Å². The first-order chi connectivity index (χ1) is 11.4. The quantitative estimate of drug-likeness (QED) is 0.318. The van der Waals surface area contributed by atoms with Gasteiger partial charge in [0.05, 0.1) is 0 Å². The maximum absolute atomic E-state index is 11.8. The zero-order valence-corrected chi connectivity index (χ0v) is 18.4. The smallest absolute Gasteiger partial charge is 0.221 e. The number of carbonyl (C=O) groups excluding carboxylic acids is 1. The first-order valence-electron chi connectivity index (χ1n) is 8.68. The summed E-state index contributed by atoms with van der Waals surface area (Å²) in [5, 5.41) is 9.49. The van der Waals surface area contributed by atoms with Gasteiger partial charge in [0.1, 0.15) is 0 Å². The van der Waals surface area contributed by atoms with E-state index >= 15 is 0 Å². The third-order valence-electron chi connectivity index (χ3n) is 4.14. The number of guanidine groups is 1. The van der Waals surface area contributed by atoms with Gasteiger partial charge >= 0.3 is 0 Å². The number of aliphatic imine (C=N–C) groups is 1. The lowest BCUT2D eigenvalue weighted by Gasteiger charge is -2.26. The minimum Gasteiger partial charge on any atom is -0.356 e. The molecule has 1 aromatic carbocycles. The van der Waals surface area contributed by atoms with Crippen molar-refractivity contribution in [2.45, 2.75) is 52.0 Å². The molecule has 1 rings (SSSR count). The van der Waals surface area contributed by atoms with E-state index in [2.05, 4.69) is 66.0 Å². The lowest BCUT2D eigenvalue weighted by atomic mass is 9.85. The normalized spacial score (nSPS) is 12.8. The van der Waals surface area contributed by atoms with Crippen molar-refractivity contribution in [3.05, 3.63) is 35.9 Å². The summed E-state index contributed by atoms with van der Waals surface area (Å²) < 4.78 is 0. The number of benzene rings is 1. The van der Waals surface area contributed by atoms with Crippen LogP contribution < -0.4 is 16.0 Å². The lowest BCUT2D eigenvalue weighted by Crippen LogP contribution is -2.44. The Morgan fingerprint density at radius 2 is 1.84 bits per heavy atom. The highest BCUT2D eigenvalue weighted by atomic mass is 127. The number of hydrogen-bond donors (Lipinski definition) is 3. The molecule has 0 saturated carbocycles. The molecule has 1 unspecified atom stereocenters. The molecule has 1 atom stereocenters. The molecule has 0 heterocycles. The molecule has 6 heteroatoms. The lowest BCUT2D eigenvalue weighted by molar-refractivity contribution is -0.121. The van der Waals surface area contributed by atoms with Crippen LogP contribution >= 0.6 is 24.0 Å². The number of amides is 1. The molecule has 0 aliphatic carbocycles. The fraction of sp³-hybridized carbons (Fsp3) is 0.579. The molecule has 0 fully saturated rings. The van der Waals surface area contributed by atoms with E-state index in [1.54, 1.807) is 7.05 Å². The van der Waals surface area contributed by atoms with Crippen LogP contribution in [0.1, 0.15) is 46.1 Å². The van der Waals surface area contributed by atoms with Gasteiger partial charge in [0.2, 0.25) is 5.91 Å². The average molecular weight is 460 g/mol. The Bertz CT molecular complexity index is 531. The van der Waals surface area contributed by atoms with E-state index in [4.69, 9.17) is 0 Å². The number of hydrogen-bond acceptors (Lipinski definition) is 2. The summed E-state index contributed by atoms with van der Waals surface area (Å²) in [6, 6.07) is 10.6. The largest absolute Gasteiger partial charge is 0.356 e. The molecule has 1 amide bonds. The van der Waals surface area contributed by atoms with Crippen molar-refractivity contribution in [3.8, 4) is 0 Å². The van der Waals surface area contributed by atoms with Gasteiger partial charge in [-0.2, -0.15) is 0 Å². The predicted molar refractivity (Wildman–Crippen MR) is 117 cm³/mol. The summed E-state index contributed by atoms with van der Waals surface area (Å²) in [7, 11) is 1.74. The monoisotopic (exact) mass is 460 g/mol. The Labute approximate surface area is 169 Å². The Kier molecular flexibility index (Phi) is 11.5. The number of halogens is 1.